The molecule has 1 aromatic carbocycles. The first-order valence-corrected chi connectivity index (χ1v) is 7.97. The Kier molecular flexibility index (Phi) is 5.70. The number of aromatic nitrogens is 1. The second-order valence-corrected chi connectivity index (χ2v) is 6.17. The minimum atomic E-state index is -0.700. The molecule has 6 nitrogen and oxygen atoms in total. The molecule has 0 fully saturated rings. The molecule has 0 bridgehead atoms. The highest BCUT2D eigenvalue weighted by atomic mass is 32.1. The van der Waals surface area contributed by atoms with Crippen LogP contribution in [-0.4, -0.2) is 30.5 Å². The van der Waals surface area contributed by atoms with E-state index < -0.39 is 11.8 Å². The van der Waals surface area contributed by atoms with Crippen LogP contribution in [0.4, 0.5) is 5.13 Å². The number of nitrogens with one attached hydrogen (secondary N) is 2. The molecule has 0 radical (unpaired) electrons. The van der Waals surface area contributed by atoms with E-state index in [1.807, 2.05) is 38.1 Å². The quantitative estimate of drug-likeness (QED) is 0.821. The number of anilines is 1. The number of nitrogens with zero attached hydrogens (tertiary/aromatic N) is 1. The number of benzene rings is 1. The van der Waals surface area contributed by atoms with E-state index in [2.05, 4.69) is 15.6 Å². The lowest BCUT2D eigenvalue weighted by atomic mass is 10.1. The van der Waals surface area contributed by atoms with Gasteiger partial charge in [-0.05, 0) is 38.0 Å². The fourth-order valence-corrected chi connectivity index (χ4v) is 2.68. The standard InChI is InChI=1S/C16H19N3O3S/c1-10-11(2)23-16(18-10)19-15(21)14(20)17-9-8-12-4-6-13(22-3)7-5-12/h4-7H,8-9H2,1-3H3,(H,17,20)(H,18,19,21). The smallest absolute Gasteiger partial charge is 0.315 e. The zero-order valence-electron chi connectivity index (χ0n) is 13.3. The fraction of sp³-hybridized carbons (Fsp3) is 0.312. The van der Waals surface area contributed by atoms with Crippen LogP contribution in [0.15, 0.2) is 24.3 Å². The minimum absolute atomic E-state index is 0.383. The van der Waals surface area contributed by atoms with Gasteiger partial charge in [0.2, 0.25) is 0 Å². The molecule has 7 heteroatoms. The number of carbonyl (C=O) groups is 2. The molecule has 23 heavy (non-hydrogen) atoms. The van der Waals surface area contributed by atoms with Gasteiger partial charge in [0.05, 0.1) is 12.8 Å². The van der Waals surface area contributed by atoms with E-state index in [1.54, 1.807) is 7.11 Å². The molecule has 0 aliphatic carbocycles. The van der Waals surface area contributed by atoms with Crippen LogP contribution in [-0.2, 0) is 16.0 Å². The van der Waals surface area contributed by atoms with Crippen LogP contribution in [0.25, 0.3) is 0 Å². The Hall–Kier alpha value is -2.41. The molecule has 2 N–H and O–H groups in total. The maximum atomic E-state index is 11.8. The molecule has 2 aromatic rings. The number of aryl methyl sites for hydroxylation is 2. The number of methoxy groups -OCH3 is 1. The van der Waals surface area contributed by atoms with Crippen molar-refractivity contribution in [3.05, 3.63) is 40.4 Å². The Balaban J connectivity index is 1.78. The molecule has 0 unspecified atom stereocenters. The summed E-state index contributed by atoms with van der Waals surface area (Å²) in [6.07, 6.45) is 0.637. The largest absolute Gasteiger partial charge is 0.497 e. The van der Waals surface area contributed by atoms with Gasteiger partial charge in [0, 0.05) is 11.4 Å². The molecular weight excluding hydrogens is 314 g/mol. The molecule has 0 aliphatic rings. The van der Waals surface area contributed by atoms with Gasteiger partial charge in [-0.1, -0.05) is 12.1 Å². The maximum Gasteiger partial charge on any atom is 0.315 e. The van der Waals surface area contributed by atoms with Crippen LogP contribution in [0.2, 0.25) is 0 Å². The van der Waals surface area contributed by atoms with Crippen molar-refractivity contribution in [2.24, 2.45) is 0 Å². The maximum absolute atomic E-state index is 11.8. The normalized spacial score (nSPS) is 10.2. The Bertz CT molecular complexity index is 676. The van der Waals surface area contributed by atoms with E-state index >= 15 is 0 Å². The molecule has 2 rings (SSSR count). The highest BCUT2D eigenvalue weighted by Gasteiger charge is 2.15. The fourth-order valence-electron chi connectivity index (χ4n) is 1.87. The SMILES string of the molecule is COc1ccc(CCNC(=O)C(=O)Nc2nc(C)c(C)s2)cc1. The minimum Gasteiger partial charge on any atom is -0.497 e. The summed E-state index contributed by atoms with van der Waals surface area (Å²) in [7, 11) is 1.61. The van der Waals surface area contributed by atoms with Crippen molar-refractivity contribution in [1.82, 2.24) is 10.3 Å². The summed E-state index contributed by atoms with van der Waals surface area (Å²) in [5.74, 6) is -0.580. The lowest BCUT2D eigenvalue weighted by molar-refractivity contribution is -0.136. The van der Waals surface area contributed by atoms with Crippen LogP contribution in [0, 0.1) is 13.8 Å². The number of carbonyl (C=O) groups excluding carboxylic acids is 2. The molecule has 0 atom stereocenters. The van der Waals surface area contributed by atoms with Gasteiger partial charge in [-0.15, -0.1) is 11.3 Å². The zero-order chi connectivity index (χ0) is 16.8. The molecule has 0 saturated heterocycles. The third-order valence-corrected chi connectivity index (χ3v) is 4.30. The first-order valence-electron chi connectivity index (χ1n) is 7.15. The second kappa shape index (κ2) is 7.73. The third-order valence-electron chi connectivity index (χ3n) is 3.31. The zero-order valence-corrected chi connectivity index (χ0v) is 14.1. The van der Waals surface area contributed by atoms with E-state index in [0.29, 0.717) is 18.1 Å². The second-order valence-electron chi connectivity index (χ2n) is 4.97. The number of hydrogen-bond donors (Lipinski definition) is 2. The predicted molar refractivity (Wildman–Crippen MR) is 89.9 cm³/mol. The Morgan fingerprint density at radius 2 is 1.87 bits per heavy atom. The average molecular weight is 333 g/mol. The highest BCUT2D eigenvalue weighted by molar-refractivity contribution is 7.15. The van der Waals surface area contributed by atoms with Crippen molar-refractivity contribution >= 4 is 28.3 Å². The predicted octanol–water partition coefficient (Wildman–Crippen LogP) is 2.07. The first-order chi connectivity index (χ1) is 11.0. The van der Waals surface area contributed by atoms with Gasteiger partial charge in [-0.2, -0.15) is 0 Å². The van der Waals surface area contributed by atoms with Crippen LogP contribution < -0.4 is 15.4 Å². The Labute approximate surface area is 138 Å². The molecule has 1 aromatic heterocycles. The monoisotopic (exact) mass is 333 g/mol. The summed E-state index contributed by atoms with van der Waals surface area (Å²) >= 11 is 1.35. The van der Waals surface area contributed by atoms with Crippen molar-refractivity contribution < 1.29 is 14.3 Å². The van der Waals surface area contributed by atoms with Crippen LogP contribution in [0.3, 0.4) is 0 Å². The summed E-state index contributed by atoms with van der Waals surface area (Å²) in [6, 6.07) is 7.56. The van der Waals surface area contributed by atoms with E-state index in [4.69, 9.17) is 4.74 Å². The van der Waals surface area contributed by atoms with Gasteiger partial charge in [0.25, 0.3) is 0 Å². The molecule has 0 spiro atoms. The lowest BCUT2D eigenvalue weighted by Gasteiger charge is -2.06. The summed E-state index contributed by atoms with van der Waals surface area (Å²) in [5.41, 5.74) is 1.91. The number of rotatable bonds is 5. The van der Waals surface area contributed by atoms with Gasteiger partial charge in [-0.25, -0.2) is 4.98 Å². The van der Waals surface area contributed by atoms with Crippen molar-refractivity contribution in [3.8, 4) is 5.75 Å². The molecular formula is C16H19N3O3S. The summed E-state index contributed by atoms with van der Waals surface area (Å²) in [4.78, 5) is 28.7. The van der Waals surface area contributed by atoms with Crippen molar-refractivity contribution in [3.63, 3.8) is 0 Å². The molecule has 2 amide bonds. The van der Waals surface area contributed by atoms with Gasteiger partial charge in [0.15, 0.2) is 5.13 Å². The van der Waals surface area contributed by atoms with Crippen molar-refractivity contribution in [2.75, 3.05) is 19.0 Å². The van der Waals surface area contributed by atoms with E-state index in [0.717, 1.165) is 21.9 Å². The van der Waals surface area contributed by atoms with E-state index in [1.165, 1.54) is 11.3 Å². The topological polar surface area (TPSA) is 80.3 Å². The van der Waals surface area contributed by atoms with Gasteiger partial charge < -0.3 is 10.1 Å². The van der Waals surface area contributed by atoms with Crippen molar-refractivity contribution in [1.29, 1.82) is 0 Å². The number of amides is 2. The average Bonchev–Trinajstić information content (AvgIpc) is 2.85. The van der Waals surface area contributed by atoms with Crippen LogP contribution in [0.1, 0.15) is 16.1 Å². The summed E-state index contributed by atoms with van der Waals surface area (Å²) < 4.78 is 5.08. The van der Waals surface area contributed by atoms with Crippen LogP contribution in [0.5, 0.6) is 5.75 Å². The van der Waals surface area contributed by atoms with Gasteiger partial charge >= 0.3 is 11.8 Å². The third kappa shape index (κ3) is 4.79. The van der Waals surface area contributed by atoms with Gasteiger partial charge in [-0.3, -0.25) is 14.9 Å². The molecule has 122 valence electrons. The number of hydrogen-bond acceptors (Lipinski definition) is 5. The highest BCUT2D eigenvalue weighted by Crippen LogP contribution is 2.20. The van der Waals surface area contributed by atoms with Gasteiger partial charge in [0.1, 0.15) is 5.75 Å². The summed E-state index contributed by atoms with van der Waals surface area (Å²) in [6.45, 7) is 4.16. The number of ether oxygens (including phenoxy) is 1. The Morgan fingerprint density at radius 1 is 1.17 bits per heavy atom. The summed E-state index contributed by atoms with van der Waals surface area (Å²) in [5, 5.41) is 5.54. The first kappa shape index (κ1) is 17.0. The lowest BCUT2D eigenvalue weighted by Crippen LogP contribution is -2.36. The van der Waals surface area contributed by atoms with E-state index in [9.17, 15) is 9.59 Å². The Morgan fingerprint density at radius 3 is 2.43 bits per heavy atom. The molecule has 0 saturated carbocycles. The van der Waals surface area contributed by atoms with Crippen molar-refractivity contribution in [2.45, 2.75) is 20.3 Å². The molecule has 0 aliphatic heterocycles. The number of thiazole rings is 1. The van der Waals surface area contributed by atoms with Crippen LogP contribution >= 0.6 is 11.3 Å². The molecule has 1 heterocycles. The van der Waals surface area contributed by atoms with E-state index in [-0.39, 0.29) is 0 Å².